The van der Waals surface area contributed by atoms with Gasteiger partial charge in [0.05, 0.1) is 18.3 Å². The SMILES string of the molecule is CC(C)=CCC/C(C)=C/CN1C(=O)[C@](O)([C@H](C)/C=C/CC(=O)N2CCC[C@H]2CO)c2ccccc21. The maximum atomic E-state index is 13.5. The van der Waals surface area contributed by atoms with Gasteiger partial charge in [-0.3, -0.25) is 9.59 Å². The number of rotatable bonds is 10. The van der Waals surface area contributed by atoms with E-state index in [1.165, 1.54) is 11.1 Å². The van der Waals surface area contributed by atoms with Crippen LogP contribution in [0.2, 0.25) is 0 Å². The van der Waals surface area contributed by atoms with E-state index in [1.807, 2.05) is 31.2 Å². The molecule has 0 radical (unpaired) electrons. The van der Waals surface area contributed by atoms with E-state index in [-0.39, 0.29) is 30.9 Å². The van der Waals surface area contributed by atoms with Crippen LogP contribution in [0, 0.1) is 5.92 Å². The minimum atomic E-state index is -1.68. The van der Waals surface area contributed by atoms with Crippen LogP contribution in [0.4, 0.5) is 5.69 Å². The zero-order valence-corrected chi connectivity index (χ0v) is 21.5. The maximum absolute atomic E-state index is 13.5. The summed E-state index contributed by atoms with van der Waals surface area (Å²) in [5.74, 6) is -0.884. The molecule has 1 aromatic carbocycles. The zero-order chi connectivity index (χ0) is 25.6. The first kappa shape index (κ1) is 26.9. The number of hydrogen-bond donors (Lipinski definition) is 2. The van der Waals surface area contributed by atoms with Crippen molar-refractivity contribution in [3.8, 4) is 0 Å². The van der Waals surface area contributed by atoms with Crippen LogP contribution in [-0.4, -0.2) is 52.7 Å². The van der Waals surface area contributed by atoms with Crippen LogP contribution >= 0.6 is 0 Å². The molecule has 3 atom stereocenters. The van der Waals surface area contributed by atoms with Crippen molar-refractivity contribution < 1.29 is 19.8 Å². The zero-order valence-electron chi connectivity index (χ0n) is 21.5. The van der Waals surface area contributed by atoms with E-state index in [9.17, 15) is 19.8 Å². The first-order valence-electron chi connectivity index (χ1n) is 12.7. The molecule has 1 aromatic rings. The predicted molar refractivity (Wildman–Crippen MR) is 140 cm³/mol. The average molecular weight is 481 g/mol. The maximum Gasteiger partial charge on any atom is 0.264 e. The Labute approximate surface area is 209 Å². The molecule has 0 unspecified atom stereocenters. The predicted octanol–water partition coefficient (Wildman–Crippen LogP) is 4.48. The van der Waals surface area contributed by atoms with E-state index in [4.69, 9.17) is 0 Å². The van der Waals surface area contributed by atoms with Gasteiger partial charge in [-0.25, -0.2) is 0 Å². The average Bonchev–Trinajstić information content (AvgIpc) is 3.40. The van der Waals surface area contributed by atoms with E-state index in [2.05, 4.69) is 32.9 Å². The molecule has 35 heavy (non-hydrogen) atoms. The van der Waals surface area contributed by atoms with E-state index >= 15 is 0 Å². The molecule has 6 heteroatoms. The van der Waals surface area contributed by atoms with Crippen LogP contribution in [0.15, 0.2) is 59.7 Å². The molecule has 0 bridgehead atoms. The number of allylic oxidation sites excluding steroid dienone is 3. The van der Waals surface area contributed by atoms with Gasteiger partial charge >= 0.3 is 0 Å². The van der Waals surface area contributed by atoms with Crippen molar-refractivity contribution in [1.82, 2.24) is 4.90 Å². The highest BCUT2D eigenvalue weighted by molar-refractivity contribution is 6.07. The minimum Gasteiger partial charge on any atom is -0.394 e. The molecular weight excluding hydrogens is 440 g/mol. The van der Waals surface area contributed by atoms with E-state index in [1.54, 1.807) is 22.0 Å². The fraction of sp³-hybridized carbons (Fsp3) is 0.517. The van der Waals surface area contributed by atoms with Gasteiger partial charge in [0.25, 0.3) is 5.91 Å². The van der Waals surface area contributed by atoms with Crippen molar-refractivity contribution in [1.29, 1.82) is 0 Å². The number of nitrogens with zero attached hydrogens (tertiary/aromatic N) is 2. The van der Waals surface area contributed by atoms with Gasteiger partial charge in [-0.15, -0.1) is 0 Å². The van der Waals surface area contributed by atoms with Crippen LogP contribution in [0.1, 0.15) is 65.4 Å². The van der Waals surface area contributed by atoms with Gasteiger partial charge in [0.2, 0.25) is 5.91 Å². The summed E-state index contributed by atoms with van der Waals surface area (Å²) in [6.45, 7) is 9.11. The second-order valence-corrected chi connectivity index (χ2v) is 10.1. The van der Waals surface area contributed by atoms with Crippen LogP contribution in [0.5, 0.6) is 0 Å². The minimum absolute atomic E-state index is 0.0183. The summed E-state index contributed by atoms with van der Waals surface area (Å²) in [6, 6.07) is 7.30. The lowest BCUT2D eigenvalue weighted by Gasteiger charge is -2.27. The van der Waals surface area contributed by atoms with Crippen molar-refractivity contribution in [3.05, 3.63) is 65.3 Å². The lowest BCUT2D eigenvalue weighted by molar-refractivity contribution is -0.139. The Morgan fingerprint density at radius 2 is 1.97 bits per heavy atom. The largest absolute Gasteiger partial charge is 0.394 e. The number of aliphatic hydroxyl groups is 2. The molecule has 2 aliphatic heterocycles. The van der Waals surface area contributed by atoms with E-state index in [0.717, 1.165) is 31.4 Å². The quantitative estimate of drug-likeness (QED) is 0.484. The molecule has 1 saturated heterocycles. The van der Waals surface area contributed by atoms with Gasteiger partial charge in [-0.1, -0.05) is 60.6 Å². The number of hydrogen-bond acceptors (Lipinski definition) is 4. The van der Waals surface area contributed by atoms with E-state index < -0.39 is 11.5 Å². The normalized spacial score (nSPS) is 23.2. The Morgan fingerprint density at radius 1 is 1.23 bits per heavy atom. The number of para-hydroxylation sites is 1. The number of carbonyl (C=O) groups is 2. The summed E-state index contributed by atoms with van der Waals surface area (Å²) < 4.78 is 0. The van der Waals surface area contributed by atoms with Gasteiger partial charge in [0, 0.05) is 31.0 Å². The Hall–Kier alpha value is -2.70. The number of likely N-dealkylation sites (tertiary alicyclic amines) is 1. The highest BCUT2D eigenvalue weighted by Gasteiger charge is 2.52. The fourth-order valence-corrected chi connectivity index (χ4v) is 5.00. The van der Waals surface area contributed by atoms with Crippen molar-refractivity contribution >= 4 is 17.5 Å². The number of amides is 2. The number of anilines is 1. The lowest BCUT2D eigenvalue weighted by atomic mass is 9.83. The monoisotopic (exact) mass is 480 g/mol. The second-order valence-electron chi connectivity index (χ2n) is 10.1. The van der Waals surface area contributed by atoms with Crippen molar-refractivity contribution in [2.75, 3.05) is 24.6 Å². The fourth-order valence-electron chi connectivity index (χ4n) is 5.00. The van der Waals surface area contributed by atoms with E-state index in [0.29, 0.717) is 18.7 Å². The number of fused-ring (bicyclic) bond motifs is 1. The summed E-state index contributed by atoms with van der Waals surface area (Å²) in [7, 11) is 0. The summed E-state index contributed by atoms with van der Waals surface area (Å²) in [6.07, 6.45) is 11.6. The molecule has 0 aliphatic carbocycles. The third-order valence-corrected chi connectivity index (χ3v) is 7.17. The Kier molecular flexibility index (Phi) is 9.09. The third kappa shape index (κ3) is 5.93. The number of benzene rings is 1. The summed E-state index contributed by atoms with van der Waals surface area (Å²) in [4.78, 5) is 29.5. The molecule has 6 nitrogen and oxygen atoms in total. The van der Waals surface area contributed by atoms with Crippen molar-refractivity contribution in [3.63, 3.8) is 0 Å². The van der Waals surface area contributed by atoms with Crippen LogP contribution in [0.25, 0.3) is 0 Å². The Bertz CT molecular complexity index is 1010. The molecule has 1 fully saturated rings. The summed E-state index contributed by atoms with van der Waals surface area (Å²) in [5.41, 5.74) is 2.15. The van der Waals surface area contributed by atoms with Gasteiger partial charge in [-0.05, 0) is 52.5 Å². The molecular formula is C29H40N2O4. The molecule has 2 aliphatic rings. The molecule has 3 rings (SSSR count). The highest BCUT2D eigenvalue weighted by atomic mass is 16.3. The van der Waals surface area contributed by atoms with Crippen LogP contribution in [0.3, 0.4) is 0 Å². The smallest absolute Gasteiger partial charge is 0.264 e. The van der Waals surface area contributed by atoms with Gasteiger partial charge in [0.1, 0.15) is 0 Å². The Morgan fingerprint density at radius 3 is 2.69 bits per heavy atom. The van der Waals surface area contributed by atoms with Crippen LogP contribution < -0.4 is 4.90 Å². The van der Waals surface area contributed by atoms with Crippen LogP contribution in [-0.2, 0) is 15.2 Å². The van der Waals surface area contributed by atoms with Gasteiger partial charge in [0.15, 0.2) is 5.60 Å². The highest BCUT2D eigenvalue weighted by Crippen LogP contribution is 2.45. The lowest BCUT2D eigenvalue weighted by Crippen LogP contribution is -2.44. The molecule has 2 heterocycles. The number of carbonyl (C=O) groups excluding carboxylic acids is 2. The van der Waals surface area contributed by atoms with Crippen molar-refractivity contribution in [2.45, 2.75) is 71.4 Å². The topological polar surface area (TPSA) is 81.1 Å². The molecule has 0 saturated carbocycles. The van der Waals surface area contributed by atoms with Gasteiger partial charge < -0.3 is 20.0 Å². The first-order valence-corrected chi connectivity index (χ1v) is 12.7. The second kappa shape index (κ2) is 11.8. The Balaban J connectivity index is 1.72. The first-order chi connectivity index (χ1) is 16.7. The molecule has 0 spiro atoms. The molecule has 0 aromatic heterocycles. The van der Waals surface area contributed by atoms with Gasteiger partial charge in [-0.2, -0.15) is 0 Å². The summed E-state index contributed by atoms with van der Waals surface area (Å²) in [5, 5.41) is 21.1. The molecule has 2 amide bonds. The number of aliphatic hydroxyl groups excluding tert-OH is 1. The molecule has 190 valence electrons. The molecule has 2 N–H and O–H groups in total. The standard InChI is InChI=1S/C29H40N2O4/c1-21(2)10-7-11-22(3)17-19-31-26-15-6-5-14-25(26)29(35,28(31)34)23(4)12-8-16-27(33)30-18-9-13-24(30)20-32/h5-6,8,10,12,14-15,17,23-24,32,35H,7,9,11,13,16,18-20H2,1-4H3/b12-8+,22-17+/t23-,24+,29+/m1/s1. The van der Waals surface area contributed by atoms with Crippen molar-refractivity contribution in [2.24, 2.45) is 5.92 Å². The third-order valence-electron chi connectivity index (χ3n) is 7.17. The summed E-state index contributed by atoms with van der Waals surface area (Å²) >= 11 is 0.